The summed E-state index contributed by atoms with van der Waals surface area (Å²) >= 11 is 0. The minimum absolute atomic E-state index is 0.00355. The third kappa shape index (κ3) is 4.55. The van der Waals surface area contributed by atoms with Gasteiger partial charge in [-0.15, -0.1) is 0 Å². The van der Waals surface area contributed by atoms with E-state index in [4.69, 9.17) is 4.98 Å². The molecule has 37 heavy (non-hydrogen) atoms. The molecule has 0 spiro atoms. The third-order valence-corrected chi connectivity index (χ3v) is 6.43. The number of anilines is 1. The van der Waals surface area contributed by atoms with Gasteiger partial charge in [0.25, 0.3) is 5.91 Å². The van der Waals surface area contributed by atoms with Gasteiger partial charge >= 0.3 is 6.03 Å². The Bertz CT molecular complexity index is 1510. The molecule has 0 fully saturated rings. The Balaban J connectivity index is 1.50. The largest absolute Gasteiger partial charge is 0.340 e. The summed E-state index contributed by atoms with van der Waals surface area (Å²) < 4.78 is 0. The molecule has 11 heteroatoms. The van der Waals surface area contributed by atoms with Gasteiger partial charge in [-0.05, 0) is 38.8 Å². The number of fused-ring (bicyclic) bond motifs is 2. The van der Waals surface area contributed by atoms with Crippen LogP contribution in [0.2, 0.25) is 0 Å². The molecule has 3 N–H and O–H groups in total. The number of allylic oxidation sites excluding steroid dienone is 1. The molecule has 0 bridgehead atoms. The molecule has 1 aliphatic rings. The van der Waals surface area contributed by atoms with Crippen LogP contribution < -0.4 is 5.32 Å². The molecular formula is C26H29N9O2. The van der Waals surface area contributed by atoms with Crippen LogP contribution in [0.3, 0.4) is 0 Å². The van der Waals surface area contributed by atoms with E-state index in [1.807, 2.05) is 32.1 Å². The van der Waals surface area contributed by atoms with Crippen molar-refractivity contribution in [2.45, 2.75) is 26.7 Å². The monoisotopic (exact) mass is 499 g/mol. The lowest BCUT2D eigenvalue weighted by Gasteiger charge is -2.21. The number of likely N-dealkylation sites (N-methyl/N-ethyl adjacent to an activating group) is 1. The number of H-pyrrole nitrogens is 2. The summed E-state index contributed by atoms with van der Waals surface area (Å²) in [5.41, 5.74) is 5.71. The van der Waals surface area contributed by atoms with Gasteiger partial charge in [-0.25, -0.2) is 14.8 Å². The van der Waals surface area contributed by atoms with E-state index in [-0.39, 0.29) is 11.9 Å². The highest BCUT2D eigenvalue weighted by Gasteiger charge is 2.26. The SMILES string of the molecule is CCN(CC)C(=O)C1=CCCc2[nH]c(-c3[nH]nc4ncc(-c5cncc(NC(=O)N(C)C)c5)cc34)nc21. The summed E-state index contributed by atoms with van der Waals surface area (Å²) in [6.45, 7) is 5.25. The van der Waals surface area contributed by atoms with Crippen LogP contribution in [0.5, 0.6) is 0 Å². The number of urea groups is 1. The summed E-state index contributed by atoms with van der Waals surface area (Å²) in [6.07, 6.45) is 8.57. The number of hydrogen-bond donors (Lipinski definition) is 3. The smallest absolute Gasteiger partial charge is 0.321 e. The van der Waals surface area contributed by atoms with E-state index in [9.17, 15) is 9.59 Å². The number of carbonyl (C=O) groups is 2. The van der Waals surface area contributed by atoms with Gasteiger partial charge in [0.1, 0.15) is 5.69 Å². The predicted molar refractivity (Wildman–Crippen MR) is 142 cm³/mol. The van der Waals surface area contributed by atoms with Crippen LogP contribution >= 0.6 is 0 Å². The fourth-order valence-electron chi connectivity index (χ4n) is 4.40. The molecule has 190 valence electrons. The molecule has 3 amide bonds. The Morgan fingerprint density at radius 1 is 1.08 bits per heavy atom. The molecule has 11 nitrogen and oxygen atoms in total. The van der Waals surface area contributed by atoms with Crippen LogP contribution in [0.4, 0.5) is 10.5 Å². The van der Waals surface area contributed by atoms with Gasteiger partial charge in [-0.3, -0.25) is 14.9 Å². The van der Waals surface area contributed by atoms with Gasteiger partial charge in [0.15, 0.2) is 11.5 Å². The Morgan fingerprint density at radius 3 is 2.62 bits per heavy atom. The van der Waals surface area contributed by atoms with Crippen LogP contribution in [0, 0.1) is 0 Å². The lowest BCUT2D eigenvalue weighted by atomic mass is 9.99. The van der Waals surface area contributed by atoms with Gasteiger partial charge in [0.2, 0.25) is 0 Å². The van der Waals surface area contributed by atoms with Crippen molar-refractivity contribution in [3.8, 4) is 22.6 Å². The van der Waals surface area contributed by atoms with Crippen LogP contribution in [0.15, 0.2) is 36.8 Å². The fourth-order valence-corrected chi connectivity index (χ4v) is 4.40. The molecule has 5 rings (SSSR count). The molecule has 0 saturated carbocycles. The molecule has 4 aromatic rings. The molecule has 0 aromatic carbocycles. The normalized spacial score (nSPS) is 12.7. The first kappa shape index (κ1) is 24.2. The van der Waals surface area contributed by atoms with E-state index < -0.39 is 0 Å². The number of amides is 3. The highest BCUT2D eigenvalue weighted by molar-refractivity contribution is 6.19. The van der Waals surface area contributed by atoms with E-state index >= 15 is 0 Å². The van der Waals surface area contributed by atoms with Crippen molar-refractivity contribution in [3.05, 3.63) is 48.2 Å². The van der Waals surface area contributed by atoms with Crippen molar-refractivity contribution < 1.29 is 9.59 Å². The second-order valence-corrected chi connectivity index (χ2v) is 9.03. The van der Waals surface area contributed by atoms with E-state index in [1.165, 1.54) is 4.90 Å². The summed E-state index contributed by atoms with van der Waals surface area (Å²) in [5, 5.41) is 11.0. The number of carbonyl (C=O) groups excluding carboxylic acids is 2. The number of rotatable bonds is 6. The number of nitrogens with zero attached hydrogens (tertiary/aromatic N) is 6. The molecule has 0 radical (unpaired) electrons. The zero-order valence-electron chi connectivity index (χ0n) is 21.3. The van der Waals surface area contributed by atoms with Crippen LogP contribution in [0.1, 0.15) is 31.7 Å². The lowest BCUT2D eigenvalue weighted by Crippen LogP contribution is -2.32. The minimum Gasteiger partial charge on any atom is -0.340 e. The Hall–Kier alpha value is -4.54. The average molecular weight is 500 g/mol. The van der Waals surface area contributed by atoms with Gasteiger partial charge in [-0.2, -0.15) is 5.10 Å². The molecule has 4 aromatic heterocycles. The van der Waals surface area contributed by atoms with Gasteiger partial charge in [-0.1, -0.05) is 6.08 Å². The van der Waals surface area contributed by atoms with E-state index in [0.717, 1.165) is 35.0 Å². The number of aryl methyl sites for hydroxylation is 1. The molecule has 1 aliphatic carbocycles. The third-order valence-electron chi connectivity index (χ3n) is 6.43. The Kier molecular flexibility index (Phi) is 6.43. The molecular weight excluding hydrogens is 470 g/mol. The van der Waals surface area contributed by atoms with Gasteiger partial charge < -0.3 is 20.1 Å². The fraction of sp³-hybridized carbons (Fsp3) is 0.308. The quantitative estimate of drug-likeness (QED) is 0.370. The summed E-state index contributed by atoms with van der Waals surface area (Å²) in [5.74, 6) is 0.605. The van der Waals surface area contributed by atoms with Crippen LogP contribution in [-0.4, -0.2) is 79.1 Å². The first-order valence-corrected chi connectivity index (χ1v) is 12.3. The Labute approximate surface area is 214 Å². The maximum atomic E-state index is 13.1. The number of nitrogens with one attached hydrogen (secondary N) is 3. The number of imidazole rings is 1. The summed E-state index contributed by atoms with van der Waals surface area (Å²) in [7, 11) is 3.35. The average Bonchev–Trinajstić information content (AvgIpc) is 3.53. The van der Waals surface area contributed by atoms with E-state index in [1.54, 1.807) is 37.6 Å². The van der Waals surface area contributed by atoms with Crippen molar-refractivity contribution in [2.75, 3.05) is 32.5 Å². The number of aromatic nitrogens is 6. The zero-order chi connectivity index (χ0) is 26.1. The molecule has 0 aliphatic heterocycles. The number of pyridine rings is 2. The zero-order valence-corrected chi connectivity index (χ0v) is 21.3. The molecule has 0 saturated heterocycles. The predicted octanol–water partition coefficient (Wildman–Crippen LogP) is 3.70. The topological polar surface area (TPSA) is 136 Å². The van der Waals surface area contributed by atoms with Crippen molar-refractivity contribution in [2.24, 2.45) is 0 Å². The first-order chi connectivity index (χ1) is 17.9. The first-order valence-electron chi connectivity index (χ1n) is 12.3. The highest BCUT2D eigenvalue weighted by atomic mass is 16.2. The van der Waals surface area contributed by atoms with Crippen molar-refractivity contribution in [1.82, 2.24) is 39.9 Å². The van der Waals surface area contributed by atoms with Gasteiger partial charge in [0, 0.05) is 56.4 Å². The maximum Gasteiger partial charge on any atom is 0.321 e. The second kappa shape index (κ2) is 9.84. The summed E-state index contributed by atoms with van der Waals surface area (Å²) in [4.78, 5) is 45.4. The van der Waals surface area contributed by atoms with E-state index in [0.29, 0.717) is 47.2 Å². The minimum atomic E-state index is -0.237. The molecule has 0 unspecified atom stereocenters. The van der Waals surface area contributed by atoms with E-state index in [2.05, 4.69) is 30.5 Å². The Morgan fingerprint density at radius 2 is 1.86 bits per heavy atom. The van der Waals surface area contributed by atoms with Gasteiger partial charge in [0.05, 0.1) is 28.5 Å². The van der Waals surface area contributed by atoms with Crippen LogP contribution in [0.25, 0.3) is 39.3 Å². The van der Waals surface area contributed by atoms with Crippen molar-refractivity contribution >= 4 is 34.2 Å². The van der Waals surface area contributed by atoms with Crippen LogP contribution in [-0.2, 0) is 11.2 Å². The number of hydrogen-bond acceptors (Lipinski definition) is 6. The molecule has 4 heterocycles. The lowest BCUT2D eigenvalue weighted by molar-refractivity contribution is -0.124. The maximum absolute atomic E-state index is 13.1. The van der Waals surface area contributed by atoms with Crippen molar-refractivity contribution in [1.29, 1.82) is 0 Å². The molecule has 0 atom stereocenters. The van der Waals surface area contributed by atoms with Crippen molar-refractivity contribution in [3.63, 3.8) is 0 Å². The number of aromatic amines is 2. The summed E-state index contributed by atoms with van der Waals surface area (Å²) in [6, 6.07) is 3.58. The second-order valence-electron chi connectivity index (χ2n) is 9.03. The highest BCUT2D eigenvalue weighted by Crippen LogP contribution is 2.32. The standard InChI is InChI=1S/C26H29N9O2/c1-5-35(6-2)25(36)18-8-7-9-20-21(18)31-24(30-20)22-19-11-16(13-28-23(19)33-32-22)15-10-17(14-27-12-15)29-26(37)34(3)4/h8,10-14H,5-7,9H2,1-4H3,(H,29,37)(H,30,31)(H,28,32,33).